The van der Waals surface area contributed by atoms with E-state index in [1.165, 1.54) is 83.5 Å². The van der Waals surface area contributed by atoms with Gasteiger partial charge in [0.2, 0.25) is 0 Å². The van der Waals surface area contributed by atoms with Gasteiger partial charge in [0.15, 0.2) is 0 Å². The number of nitrogens with zero attached hydrogens (tertiary/aromatic N) is 1. The Labute approximate surface area is 174 Å². The molecule has 0 aromatic rings. The Morgan fingerprint density at radius 1 is 0.821 bits per heavy atom. The maximum Gasteiger partial charge on any atom is 0.0988 e. The average molecular weight is 398 g/mol. The third-order valence-electron chi connectivity index (χ3n) is 5.92. The molecule has 1 aliphatic heterocycles. The first-order chi connectivity index (χ1) is 13.7. The number of ether oxygens (including phenoxy) is 1. The highest BCUT2D eigenvalue weighted by atomic mass is 16.5. The summed E-state index contributed by atoms with van der Waals surface area (Å²) in [6.45, 7) is 4.08. The molecule has 1 aliphatic rings. The van der Waals surface area contributed by atoms with Crippen LogP contribution in [0.3, 0.4) is 0 Å². The first kappa shape index (κ1) is 25.6. The van der Waals surface area contributed by atoms with Crippen LogP contribution in [0.15, 0.2) is 12.2 Å². The molecule has 2 N–H and O–H groups in total. The smallest absolute Gasteiger partial charge is 0.0988 e. The molecular weight excluding hydrogens is 350 g/mol. The van der Waals surface area contributed by atoms with Crippen molar-refractivity contribution in [3.63, 3.8) is 0 Å². The Hall–Kier alpha value is -0.420. The second-order valence-electron chi connectivity index (χ2n) is 8.58. The molecule has 1 heterocycles. The van der Waals surface area contributed by atoms with Crippen LogP contribution in [-0.4, -0.2) is 60.2 Å². The van der Waals surface area contributed by atoms with E-state index in [2.05, 4.69) is 19.1 Å². The van der Waals surface area contributed by atoms with Gasteiger partial charge in [-0.3, -0.25) is 4.90 Å². The molecule has 1 rings (SSSR count). The van der Waals surface area contributed by atoms with E-state index in [1.54, 1.807) is 0 Å². The molecule has 0 unspecified atom stereocenters. The van der Waals surface area contributed by atoms with Gasteiger partial charge < -0.3 is 14.9 Å². The standard InChI is InChI=1S/C24H47NO3/c1-3-4-5-6-7-8-9-10-11-12-13-14-15-16-17-18-19-28-21-22-24(27)23(26)20-25(22)2/h10-11,22-24,26-27H,3-9,12-21H2,1-2H3/b11-10-/t22-,23+,24-/m1/s1. The van der Waals surface area contributed by atoms with Crippen LogP contribution < -0.4 is 0 Å². The molecule has 28 heavy (non-hydrogen) atoms. The molecule has 0 aromatic carbocycles. The van der Waals surface area contributed by atoms with Crippen LogP contribution in [0.1, 0.15) is 96.8 Å². The van der Waals surface area contributed by atoms with E-state index in [0.29, 0.717) is 13.2 Å². The first-order valence-corrected chi connectivity index (χ1v) is 12.0. The number of aliphatic hydroxyl groups is 2. The quantitative estimate of drug-likeness (QED) is 0.250. The number of unbranched alkanes of at least 4 members (excludes halogenated alkanes) is 12. The summed E-state index contributed by atoms with van der Waals surface area (Å²) in [5, 5.41) is 19.5. The van der Waals surface area contributed by atoms with Gasteiger partial charge in [0, 0.05) is 13.2 Å². The molecule has 0 saturated carbocycles. The third kappa shape index (κ3) is 12.2. The van der Waals surface area contributed by atoms with Crippen LogP contribution in [0, 0.1) is 0 Å². The van der Waals surface area contributed by atoms with E-state index >= 15 is 0 Å². The molecular formula is C24H47NO3. The number of allylic oxidation sites excluding steroid dienone is 2. The van der Waals surface area contributed by atoms with Gasteiger partial charge in [0.05, 0.1) is 24.9 Å². The molecule has 0 aromatic heterocycles. The van der Waals surface area contributed by atoms with Crippen molar-refractivity contribution < 1.29 is 14.9 Å². The minimum atomic E-state index is -0.676. The predicted molar refractivity (Wildman–Crippen MR) is 119 cm³/mol. The van der Waals surface area contributed by atoms with E-state index in [9.17, 15) is 10.2 Å². The van der Waals surface area contributed by atoms with Gasteiger partial charge in [-0.2, -0.15) is 0 Å². The van der Waals surface area contributed by atoms with Crippen LogP contribution in [0.5, 0.6) is 0 Å². The van der Waals surface area contributed by atoms with Crippen LogP contribution in [0.4, 0.5) is 0 Å². The summed E-state index contributed by atoms with van der Waals surface area (Å²) in [7, 11) is 1.93. The molecule has 0 radical (unpaired) electrons. The van der Waals surface area contributed by atoms with Crippen LogP contribution in [0.2, 0.25) is 0 Å². The topological polar surface area (TPSA) is 52.9 Å². The summed E-state index contributed by atoms with van der Waals surface area (Å²) < 4.78 is 5.70. The highest BCUT2D eigenvalue weighted by molar-refractivity contribution is 4.91. The summed E-state index contributed by atoms with van der Waals surface area (Å²) in [4.78, 5) is 1.98. The Bertz CT molecular complexity index is 375. The zero-order chi connectivity index (χ0) is 20.5. The number of hydrogen-bond donors (Lipinski definition) is 2. The van der Waals surface area contributed by atoms with Crippen molar-refractivity contribution in [2.75, 3.05) is 26.8 Å². The highest BCUT2D eigenvalue weighted by Crippen LogP contribution is 2.17. The van der Waals surface area contributed by atoms with Gasteiger partial charge in [-0.15, -0.1) is 0 Å². The minimum absolute atomic E-state index is 0.0656. The monoisotopic (exact) mass is 397 g/mol. The van der Waals surface area contributed by atoms with E-state index in [0.717, 1.165) is 13.0 Å². The second kappa shape index (κ2) is 17.4. The molecule has 4 nitrogen and oxygen atoms in total. The fraction of sp³-hybridized carbons (Fsp3) is 0.917. The molecule has 166 valence electrons. The van der Waals surface area contributed by atoms with Gasteiger partial charge in [0.1, 0.15) is 0 Å². The number of aliphatic hydroxyl groups excluding tert-OH is 2. The fourth-order valence-electron chi connectivity index (χ4n) is 3.94. The molecule has 0 bridgehead atoms. The van der Waals surface area contributed by atoms with E-state index in [1.807, 2.05) is 11.9 Å². The minimum Gasteiger partial charge on any atom is -0.389 e. The molecule has 0 aliphatic carbocycles. The Kier molecular flexibility index (Phi) is 16.0. The normalized spacial score (nSPS) is 23.2. The lowest BCUT2D eigenvalue weighted by atomic mass is 10.1. The van der Waals surface area contributed by atoms with Gasteiger partial charge in [0.25, 0.3) is 0 Å². The largest absolute Gasteiger partial charge is 0.389 e. The van der Waals surface area contributed by atoms with Crippen molar-refractivity contribution in [3.8, 4) is 0 Å². The van der Waals surface area contributed by atoms with Crippen LogP contribution in [0.25, 0.3) is 0 Å². The van der Waals surface area contributed by atoms with E-state index in [4.69, 9.17) is 4.74 Å². The van der Waals surface area contributed by atoms with Crippen molar-refractivity contribution >= 4 is 0 Å². The Morgan fingerprint density at radius 2 is 1.36 bits per heavy atom. The van der Waals surface area contributed by atoms with E-state index < -0.39 is 12.2 Å². The summed E-state index contributed by atoms with van der Waals surface area (Å²) in [5.41, 5.74) is 0. The summed E-state index contributed by atoms with van der Waals surface area (Å²) >= 11 is 0. The molecule has 0 spiro atoms. The van der Waals surface area contributed by atoms with Crippen LogP contribution >= 0.6 is 0 Å². The van der Waals surface area contributed by atoms with Crippen LogP contribution in [-0.2, 0) is 4.74 Å². The SMILES string of the molecule is CCCCCCCC/C=C\CCCCCCCCOC[C@@H]1[C@@H](O)[C@@H](O)CN1C. The van der Waals surface area contributed by atoms with Crippen molar-refractivity contribution in [1.82, 2.24) is 4.90 Å². The Morgan fingerprint density at radius 3 is 1.89 bits per heavy atom. The van der Waals surface area contributed by atoms with Crippen molar-refractivity contribution in [3.05, 3.63) is 12.2 Å². The number of β-amino-alcohol motifs (C(OH)–C–C–N with tert-alkyl or cyclic N) is 1. The van der Waals surface area contributed by atoms with E-state index in [-0.39, 0.29) is 6.04 Å². The van der Waals surface area contributed by atoms with Gasteiger partial charge in [-0.25, -0.2) is 0 Å². The molecule has 0 amide bonds. The number of rotatable bonds is 18. The molecule has 3 atom stereocenters. The lowest BCUT2D eigenvalue weighted by molar-refractivity contribution is 0.00478. The second-order valence-corrected chi connectivity index (χ2v) is 8.58. The summed E-state index contributed by atoms with van der Waals surface area (Å²) in [6.07, 6.45) is 21.8. The lowest BCUT2D eigenvalue weighted by Gasteiger charge is -2.21. The first-order valence-electron chi connectivity index (χ1n) is 12.0. The van der Waals surface area contributed by atoms with Gasteiger partial charge >= 0.3 is 0 Å². The number of likely N-dealkylation sites (N-methyl/N-ethyl adjacent to an activating group) is 1. The predicted octanol–water partition coefficient (Wildman–Crippen LogP) is 5.08. The maximum atomic E-state index is 9.89. The number of hydrogen-bond acceptors (Lipinski definition) is 4. The van der Waals surface area contributed by atoms with Crippen molar-refractivity contribution in [2.24, 2.45) is 0 Å². The number of likely N-dealkylation sites (tertiary alicyclic amines) is 1. The Balaban J connectivity index is 1.78. The fourth-order valence-corrected chi connectivity index (χ4v) is 3.94. The highest BCUT2D eigenvalue weighted by Gasteiger charge is 2.37. The summed E-state index contributed by atoms with van der Waals surface area (Å²) in [6, 6.07) is -0.0656. The molecule has 1 fully saturated rings. The molecule has 4 heteroatoms. The zero-order valence-electron chi connectivity index (χ0n) is 18.7. The summed E-state index contributed by atoms with van der Waals surface area (Å²) in [5.74, 6) is 0. The lowest BCUT2D eigenvalue weighted by Crippen LogP contribution is -2.38. The average Bonchev–Trinajstić information content (AvgIpc) is 2.92. The van der Waals surface area contributed by atoms with Crippen molar-refractivity contribution in [1.29, 1.82) is 0 Å². The van der Waals surface area contributed by atoms with Gasteiger partial charge in [-0.1, -0.05) is 76.9 Å². The molecule has 1 saturated heterocycles. The zero-order valence-corrected chi connectivity index (χ0v) is 18.7. The third-order valence-corrected chi connectivity index (χ3v) is 5.92. The van der Waals surface area contributed by atoms with Gasteiger partial charge in [-0.05, 0) is 39.2 Å². The maximum absolute atomic E-state index is 9.89. The van der Waals surface area contributed by atoms with Crippen molar-refractivity contribution in [2.45, 2.75) is 115 Å².